The van der Waals surface area contributed by atoms with Crippen LogP contribution in [0, 0.1) is 0 Å². The fraction of sp³-hybridized carbons (Fsp3) is 0.889. The Morgan fingerprint density at radius 3 is 2.60 bits per heavy atom. The molecule has 7 heteroatoms. The van der Waals surface area contributed by atoms with Gasteiger partial charge in [-0.3, -0.25) is 9.79 Å². The van der Waals surface area contributed by atoms with E-state index >= 15 is 0 Å². The number of carbonyl (C=O) groups excluding carboxylic acids is 1. The maximum atomic E-state index is 12.4. The number of nitrogens with zero attached hydrogens (tertiary/aromatic N) is 3. The number of guanidine groups is 1. The smallest absolute Gasteiger partial charge is 0.251 e. The number of unbranched alkanes of at least 4 members (excludes halogenated alkanes) is 1. The van der Waals surface area contributed by atoms with Gasteiger partial charge in [0.2, 0.25) is 0 Å². The number of hydrogen-bond donors (Lipinski definition) is 1. The number of amides is 1. The third-order valence-electron chi connectivity index (χ3n) is 4.57. The summed E-state index contributed by atoms with van der Waals surface area (Å²) in [5.74, 6) is 1.08. The van der Waals surface area contributed by atoms with Crippen molar-refractivity contribution in [3.8, 4) is 0 Å². The lowest BCUT2D eigenvalue weighted by molar-refractivity contribution is -0.142. The Hall–Kier alpha value is -1.34. The maximum absolute atomic E-state index is 12.4. The highest BCUT2D eigenvalue weighted by Gasteiger charge is 2.30. The lowest BCUT2D eigenvalue weighted by Gasteiger charge is -2.37. The van der Waals surface area contributed by atoms with Crippen molar-refractivity contribution in [3.63, 3.8) is 0 Å². The summed E-state index contributed by atoms with van der Waals surface area (Å²) in [6, 6.07) is 0. The predicted octanol–water partition coefficient (Wildman–Crippen LogP) is 1.09. The van der Waals surface area contributed by atoms with Gasteiger partial charge in [-0.05, 0) is 26.2 Å². The van der Waals surface area contributed by atoms with Crippen molar-refractivity contribution in [2.24, 2.45) is 4.99 Å². The molecule has 2 aliphatic heterocycles. The second kappa shape index (κ2) is 11.3. The summed E-state index contributed by atoms with van der Waals surface area (Å²) in [6.45, 7) is 11.0. The quantitative estimate of drug-likeness (QED) is 0.402. The molecule has 1 N–H and O–H groups in total. The second-order valence-corrected chi connectivity index (χ2v) is 6.52. The monoisotopic (exact) mass is 354 g/mol. The summed E-state index contributed by atoms with van der Waals surface area (Å²) in [5.41, 5.74) is 0. The molecule has 1 atom stereocenters. The number of hydrogen-bond acceptors (Lipinski definition) is 4. The fourth-order valence-electron chi connectivity index (χ4n) is 3.11. The molecule has 0 bridgehead atoms. The van der Waals surface area contributed by atoms with E-state index in [1.807, 2.05) is 4.90 Å². The molecule has 2 rings (SSSR count). The molecule has 0 radical (unpaired) electrons. The molecule has 2 aliphatic rings. The highest BCUT2D eigenvalue weighted by atomic mass is 16.5. The molecular weight excluding hydrogens is 320 g/mol. The number of nitrogens with one attached hydrogen (secondary N) is 1. The van der Waals surface area contributed by atoms with Crippen LogP contribution in [0.1, 0.15) is 39.5 Å². The summed E-state index contributed by atoms with van der Waals surface area (Å²) in [6.07, 6.45) is 3.90. The van der Waals surface area contributed by atoms with Crippen LogP contribution in [0.5, 0.6) is 0 Å². The van der Waals surface area contributed by atoms with E-state index in [-0.39, 0.29) is 12.0 Å². The second-order valence-electron chi connectivity index (χ2n) is 6.52. The SMILES string of the molecule is CCCCOCCN=C(NCC)N1CCN(C(=O)C2CCCO2)CC1. The van der Waals surface area contributed by atoms with Crippen molar-refractivity contribution < 1.29 is 14.3 Å². The van der Waals surface area contributed by atoms with E-state index in [9.17, 15) is 4.79 Å². The van der Waals surface area contributed by atoms with E-state index < -0.39 is 0 Å². The summed E-state index contributed by atoms with van der Waals surface area (Å²) >= 11 is 0. The van der Waals surface area contributed by atoms with Gasteiger partial charge in [-0.2, -0.15) is 0 Å². The fourth-order valence-corrected chi connectivity index (χ4v) is 3.11. The van der Waals surface area contributed by atoms with Crippen molar-refractivity contribution in [1.82, 2.24) is 15.1 Å². The molecule has 1 amide bonds. The van der Waals surface area contributed by atoms with Gasteiger partial charge < -0.3 is 24.6 Å². The van der Waals surface area contributed by atoms with Gasteiger partial charge in [0.25, 0.3) is 5.91 Å². The predicted molar refractivity (Wildman–Crippen MR) is 98.8 cm³/mol. The molecule has 2 saturated heterocycles. The molecule has 144 valence electrons. The molecule has 2 heterocycles. The zero-order chi connectivity index (χ0) is 17.9. The molecule has 0 aromatic rings. The van der Waals surface area contributed by atoms with E-state index in [1.54, 1.807) is 0 Å². The van der Waals surface area contributed by atoms with Crippen LogP contribution in [-0.2, 0) is 14.3 Å². The van der Waals surface area contributed by atoms with E-state index in [4.69, 9.17) is 9.47 Å². The normalized spacial score (nSPS) is 21.7. The van der Waals surface area contributed by atoms with E-state index in [2.05, 4.69) is 29.1 Å². The van der Waals surface area contributed by atoms with Gasteiger partial charge in [0.15, 0.2) is 5.96 Å². The summed E-state index contributed by atoms with van der Waals surface area (Å²) < 4.78 is 11.1. The first-order chi connectivity index (χ1) is 12.3. The number of carbonyl (C=O) groups is 1. The Kier molecular flexibility index (Phi) is 9.04. The standard InChI is InChI=1S/C18H34N4O3/c1-3-5-13-24-15-8-20-18(19-4-2)22-11-9-21(10-12-22)17(23)16-7-6-14-25-16/h16H,3-15H2,1-2H3,(H,19,20). The molecule has 0 aromatic carbocycles. The molecule has 2 fully saturated rings. The lowest BCUT2D eigenvalue weighted by Crippen LogP contribution is -2.55. The van der Waals surface area contributed by atoms with Crippen molar-refractivity contribution in [2.45, 2.75) is 45.6 Å². The van der Waals surface area contributed by atoms with Crippen LogP contribution >= 0.6 is 0 Å². The van der Waals surface area contributed by atoms with Crippen LogP contribution in [0.15, 0.2) is 4.99 Å². The lowest BCUT2D eigenvalue weighted by atomic mass is 10.2. The molecule has 1 unspecified atom stereocenters. The Labute approximate surface area is 151 Å². The van der Waals surface area contributed by atoms with Crippen molar-refractivity contribution in [1.29, 1.82) is 0 Å². The van der Waals surface area contributed by atoms with Gasteiger partial charge in [-0.1, -0.05) is 13.3 Å². The van der Waals surface area contributed by atoms with Gasteiger partial charge >= 0.3 is 0 Å². The minimum absolute atomic E-state index is 0.156. The van der Waals surface area contributed by atoms with Crippen molar-refractivity contribution >= 4 is 11.9 Å². The molecule has 0 saturated carbocycles. The largest absolute Gasteiger partial charge is 0.380 e. The minimum atomic E-state index is -0.214. The molecule has 0 spiro atoms. The summed E-state index contributed by atoms with van der Waals surface area (Å²) in [5, 5.41) is 3.35. The zero-order valence-electron chi connectivity index (χ0n) is 15.8. The van der Waals surface area contributed by atoms with Gasteiger partial charge in [0.05, 0.1) is 13.2 Å². The summed E-state index contributed by atoms with van der Waals surface area (Å²) in [4.78, 5) is 21.2. The molecule has 0 aliphatic carbocycles. The van der Waals surface area contributed by atoms with Gasteiger partial charge in [0.1, 0.15) is 6.10 Å². The van der Waals surface area contributed by atoms with Crippen LogP contribution in [-0.4, -0.2) is 86.9 Å². The summed E-state index contributed by atoms with van der Waals surface area (Å²) in [7, 11) is 0. The van der Waals surface area contributed by atoms with Crippen molar-refractivity contribution in [2.75, 3.05) is 59.1 Å². The first-order valence-electron chi connectivity index (χ1n) is 9.77. The number of piperazine rings is 1. The average Bonchev–Trinajstić information content (AvgIpc) is 3.18. The Balaban J connectivity index is 1.75. The van der Waals surface area contributed by atoms with E-state index in [1.165, 1.54) is 0 Å². The topological polar surface area (TPSA) is 66.4 Å². The third-order valence-corrected chi connectivity index (χ3v) is 4.57. The van der Waals surface area contributed by atoms with Crippen LogP contribution in [0.2, 0.25) is 0 Å². The Bertz CT molecular complexity index is 417. The highest BCUT2D eigenvalue weighted by Crippen LogP contribution is 2.16. The molecular formula is C18H34N4O3. The number of aliphatic imine (C=N–C) groups is 1. The highest BCUT2D eigenvalue weighted by molar-refractivity contribution is 5.82. The van der Waals surface area contributed by atoms with Crippen molar-refractivity contribution in [3.05, 3.63) is 0 Å². The first kappa shape index (κ1) is 20.0. The van der Waals surface area contributed by atoms with Crippen LogP contribution in [0.4, 0.5) is 0 Å². The Morgan fingerprint density at radius 1 is 1.20 bits per heavy atom. The maximum Gasteiger partial charge on any atom is 0.251 e. The molecule has 25 heavy (non-hydrogen) atoms. The van der Waals surface area contributed by atoms with Gasteiger partial charge in [-0.15, -0.1) is 0 Å². The van der Waals surface area contributed by atoms with Gasteiger partial charge in [0, 0.05) is 45.9 Å². The van der Waals surface area contributed by atoms with E-state index in [0.29, 0.717) is 19.8 Å². The van der Waals surface area contributed by atoms with E-state index in [0.717, 1.165) is 71.0 Å². The van der Waals surface area contributed by atoms with Gasteiger partial charge in [-0.25, -0.2) is 0 Å². The average molecular weight is 354 g/mol. The van der Waals surface area contributed by atoms with Crippen LogP contribution < -0.4 is 5.32 Å². The van der Waals surface area contributed by atoms with Crippen LogP contribution in [0.3, 0.4) is 0 Å². The minimum Gasteiger partial charge on any atom is -0.380 e. The Morgan fingerprint density at radius 2 is 1.96 bits per heavy atom. The van der Waals surface area contributed by atoms with Crippen LogP contribution in [0.25, 0.3) is 0 Å². The molecule has 0 aromatic heterocycles. The first-order valence-corrected chi connectivity index (χ1v) is 9.77. The number of rotatable bonds is 8. The third kappa shape index (κ3) is 6.47. The molecule has 7 nitrogen and oxygen atoms in total. The number of ether oxygens (including phenoxy) is 2. The zero-order valence-corrected chi connectivity index (χ0v) is 15.8.